The van der Waals surface area contributed by atoms with Gasteiger partial charge in [-0.1, -0.05) is 18.2 Å². The van der Waals surface area contributed by atoms with Crippen LogP contribution in [0.25, 0.3) is 11.0 Å². The molecule has 1 N–H and O–H groups in total. The number of hydrogen-bond donors (Lipinski definition) is 1. The first-order valence-electron chi connectivity index (χ1n) is 9.25. The molecule has 0 saturated heterocycles. The van der Waals surface area contributed by atoms with Crippen molar-refractivity contribution in [2.75, 3.05) is 13.2 Å². The molecule has 9 nitrogen and oxygen atoms in total. The van der Waals surface area contributed by atoms with E-state index in [2.05, 4.69) is 5.32 Å². The van der Waals surface area contributed by atoms with Crippen LogP contribution in [-0.2, 0) is 9.53 Å². The second-order valence-corrected chi connectivity index (χ2v) is 6.42. The van der Waals surface area contributed by atoms with E-state index < -0.39 is 29.4 Å². The fourth-order valence-corrected chi connectivity index (χ4v) is 2.85. The van der Waals surface area contributed by atoms with Crippen molar-refractivity contribution >= 4 is 28.5 Å². The number of nitro benzene ring substituents is 1. The average molecular weight is 412 g/mol. The van der Waals surface area contributed by atoms with Gasteiger partial charge in [0.05, 0.1) is 23.1 Å². The molecule has 0 aliphatic rings. The summed E-state index contributed by atoms with van der Waals surface area (Å²) in [5.74, 6) is -0.765. The van der Waals surface area contributed by atoms with E-state index in [0.29, 0.717) is 11.3 Å². The van der Waals surface area contributed by atoms with Gasteiger partial charge in [0.25, 0.3) is 5.91 Å². The SMILES string of the molecule is CCOc1ccc(C(=O)OCC(=O)N[C@@H](C)c2cc3ccccc3o2)cc1[N+](=O)[O-]. The topological polar surface area (TPSA) is 121 Å². The maximum absolute atomic E-state index is 12.2. The van der Waals surface area contributed by atoms with E-state index in [-0.39, 0.29) is 23.6 Å². The van der Waals surface area contributed by atoms with E-state index in [1.54, 1.807) is 13.8 Å². The lowest BCUT2D eigenvalue weighted by molar-refractivity contribution is -0.385. The summed E-state index contributed by atoms with van der Waals surface area (Å²) in [6.45, 7) is 3.14. The molecule has 1 amide bonds. The van der Waals surface area contributed by atoms with Crippen LogP contribution in [0.4, 0.5) is 5.69 Å². The quantitative estimate of drug-likeness (QED) is 0.339. The monoisotopic (exact) mass is 412 g/mol. The van der Waals surface area contributed by atoms with Gasteiger partial charge in [-0.3, -0.25) is 14.9 Å². The van der Waals surface area contributed by atoms with Crippen molar-refractivity contribution < 1.29 is 28.4 Å². The fourth-order valence-electron chi connectivity index (χ4n) is 2.85. The standard InChI is InChI=1S/C21H20N2O7/c1-3-28-18-9-8-15(10-16(18)23(26)27)21(25)29-12-20(24)22-13(2)19-11-14-6-4-5-7-17(14)30-19/h4-11,13H,3,12H2,1-2H3,(H,22,24)/t13-/m0/s1. The van der Waals surface area contributed by atoms with E-state index in [0.717, 1.165) is 11.5 Å². The molecule has 156 valence electrons. The molecule has 1 heterocycles. The molecule has 9 heteroatoms. The molecule has 2 aromatic carbocycles. The summed E-state index contributed by atoms with van der Waals surface area (Å²) in [6, 6.07) is 12.6. The molecule has 3 rings (SSSR count). The number of benzene rings is 2. The van der Waals surface area contributed by atoms with Crippen LogP contribution >= 0.6 is 0 Å². The molecule has 0 aliphatic carbocycles. The van der Waals surface area contributed by atoms with Gasteiger partial charge < -0.3 is 19.2 Å². The summed E-state index contributed by atoms with van der Waals surface area (Å²) >= 11 is 0. The van der Waals surface area contributed by atoms with E-state index >= 15 is 0 Å². The number of ether oxygens (including phenoxy) is 2. The van der Waals surface area contributed by atoms with Gasteiger partial charge in [-0.05, 0) is 38.1 Å². The molecular formula is C21H20N2O7. The van der Waals surface area contributed by atoms with Crippen molar-refractivity contribution in [1.29, 1.82) is 0 Å². The van der Waals surface area contributed by atoms with Gasteiger partial charge in [0.2, 0.25) is 0 Å². The van der Waals surface area contributed by atoms with Gasteiger partial charge in [0.15, 0.2) is 12.4 Å². The van der Waals surface area contributed by atoms with Crippen LogP contribution in [0.2, 0.25) is 0 Å². The van der Waals surface area contributed by atoms with Gasteiger partial charge in [0, 0.05) is 11.5 Å². The number of fused-ring (bicyclic) bond motifs is 1. The van der Waals surface area contributed by atoms with Crippen LogP contribution in [0.1, 0.15) is 36.0 Å². The number of amides is 1. The number of nitrogens with zero attached hydrogens (tertiary/aromatic N) is 1. The highest BCUT2D eigenvalue weighted by Gasteiger charge is 2.20. The molecule has 0 radical (unpaired) electrons. The molecular weight excluding hydrogens is 392 g/mol. The Morgan fingerprint density at radius 2 is 1.97 bits per heavy atom. The van der Waals surface area contributed by atoms with Crippen LogP contribution in [0.3, 0.4) is 0 Å². The first-order valence-corrected chi connectivity index (χ1v) is 9.25. The number of hydrogen-bond acceptors (Lipinski definition) is 7. The minimum atomic E-state index is -0.854. The van der Waals surface area contributed by atoms with Crippen molar-refractivity contribution in [1.82, 2.24) is 5.32 Å². The lowest BCUT2D eigenvalue weighted by atomic mass is 10.2. The first-order chi connectivity index (χ1) is 14.4. The molecule has 0 fully saturated rings. The van der Waals surface area contributed by atoms with Crippen LogP contribution in [-0.4, -0.2) is 30.0 Å². The second kappa shape index (κ2) is 9.08. The smallest absolute Gasteiger partial charge is 0.338 e. The lowest BCUT2D eigenvalue weighted by Gasteiger charge is -2.12. The van der Waals surface area contributed by atoms with Crippen LogP contribution in [0.5, 0.6) is 5.75 Å². The van der Waals surface area contributed by atoms with Crippen molar-refractivity contribution in [3.63, 3.8) is 0 Å². The number of nitrogens with one attached hydrogen (secondary N) is 1. The summed E-state index contributed by atoms with van der Waals surface area (Å²) in [5.41, 5.74) is 0.301. The average Bonchev–Trinajstić information content (AvgIpc) is 3.17. The maximum atomic E-state index is 12.2. The molecule has 0 saturated carbocycles. The number of furan rings is 1. The first kappa shape index (κ1) is 20.8. The van der Waals surface area contributed by atoms with Gasteiger partial charge in [-0.15, -0.1) is 0 Å². The van der Waals surface area contributed by atoms with Gasteiger partial charge in [0.1, 0.15) is 11.3 Å². The number of nitro groups is 1. The summed E-state index contributed by atoms with van der Waals surface area (Å²) in [7, 11) is 0. The second-order valence-electron chi connectivity index (χ2n) is 6.42. The van der Waals surface area contributed by atoms with Crippen molar-refractivity contribution in [3.8, 4) is 5.75 Å². The summed E-state index contributed by atoms with van der Waals surface area (Å²) in [4.78, 5) is 34.8. The number of carbonyl (C=O) groups excluding carboxylic acids is 2. The largest absolute Gasteiger partial charge is 0.487 e. The van der Waals surface area contributed by atoms with E-state index in [1.807, 2.05) is 30.3 Å². The van der Waals surface area contributed by atoms with Crippen LogP contribution < -0.4 is 10.1 Å². The fraction of sp³-hybridized carbons (Fsp3) is 0.238. The van der Waals surface area contributed by atoms with E-state index in [1.165, 1.54) is 12.1 Å². The minimum Gasteiger partial charge on any atom is -0.487 e. The Labute approximate surface area is 171 Å². The number of para-hydroxylation sites is 1. The summed E-state index contributed by atoms with van der Waals surface area (Å²) < 4.78 is 15.8. The summed E-state index contributed by atoms with van der Waals surface area (Å²) in [6.07, 6.45) is 0. The molecule has 0 bridgehead atoms. The third kappa shape index (κ3) is 4.75. The third-order valence-electron chi connectivity index (χ3n) is 4.27. The van der Waals surface area contributed by atoms with Gasteiger partial charge in [-0.2, -0.15) is 0 Å². The highest BCUT2D eigenvalue weighted by atomic mass is 16.6. The molecule has 1 aromatic heterocycles. The van der Waals surface area contributed by atoms with Crippen LogP contribution in [0.15, 0.2) is 52.9 Å². The Hall–Kier alpha value is -3.88. The van der Waals surface area contributed by atoms with Crippen LogP contribution in [0, 0.1) is 10.1 Å². The zero-order chi connectivity index (χ0) is 21.7. The molecule has 30 heavy (non-hydrogen) atoms. The van der Waals surface area contributed by atoms with E-state index in [9.17, 15) is 19.7 Å². The molecule has 3 aromatic rings. The summed E-state index contributed by atoms with van der Waals surface area (Å²) in [5, 5.41) is 14.8. The number of esters is 1. The van der Waals surface area contributed by atoms with Crippen molar-refractivity contribution in [3.05, 3.63) is 70.0 Å². The molecule has 1 atom stereocenters. The maximum Gasteiger partial charge on any atom is 0.338 e. The van der Waals surface area contributed by atoms with Gasteiger partial charge in [-0.25, -0.2) is 4.79 Å². The molecule has 0 unspecified atom stereocenters. The predicted octanol–water partition coefficient (Wildman–Crippen LogP) is 3.77. The Morgan fingerprint density at radius 3 is 2.67 bits per heavy atom. The van der Waals surface area contributed by atoms with Crippen molar-refractivity contribution in [2.24, 2.45) is 0 Å². The predicted molar refractivity (Wildman–Crippen MR) is 107 cm³/mol. The van der Waals surface area contributed by atoms with Gasteiger partial charge >= 0.3 is 11.7 Å². The normalized spacial score (nSPS) is 11.7. The minimum absolute atomic E-state index is 0.0523. The highest BCUT2D eigenvalue weighted by Crippen LogP contribution is 2.28. The molecule has 0 aliphatic heterocycles. The highest BCUT2D eigenvalue weighted by molar-refractivity contribution is 5.92. The Morgan fingerprint density at radius 1 is 1.20 bits per heavy atom. The molecule has 0 spiro atoms. The zero-order valence-electron chi connectivity index (χ0n) is 16.4. The Balaban J connectivity index is 1.59. The third-order valence-corrected chi connectivity index (χ3v) is 4.27. The number of carbonyl (C=O) groups is 2. The Bertz CT molecular complexity index is 1060. The number of rotatable bonds is 8. The lowest BCUT2D eigenvalue weighted by Crippen LogP contribution is -2.31. The van der Waals surface area contributed by atoms with E-state index in [4.69, 9.17) is 13.9 Å². The zero-order valence-corrected chi connectivity index (χ0v) is 16.4. The van der Waals surface area contributed by atoms with Crippen molar-refractivity contribution in [2.45, 2.75) is 19.9 Å². The Kier molecular flexibility index (Phi) is 6.31.